The van der Waals surface area contributed by atoms with E-state index in [0.717, 1.165) is 5.69 Å². The van der Waals surface area contributed by atoms with Crippen molar-refractivity contribution in [3.8, 4) is 0 Å². The van der Waals surface area contributed by atoms with Gasteiger partial charge in [-0.05, 0) is 48.5 Å². The predicted octanol–water partition coefficient (Wildman–Crippen LogP) is 3.43. The summed E-state index contributed by atoms with van der Waals surface area (Å²) in [7, 11) is 0. The van der Waals surface area contributed by atoms with E-state index < -0.39 is 0 Å². The molecule has 1 aromatic heterocycles. The smallest absolute Gasteiger partial charge is 0.276 e. The molecule has 3 N–H and O–H groups in total. The maximum Gasteiger partial charge on any atom is 0.276 e. The van der Waals surface area contributed by atoms with Crippen molar-refractivity contribution in [1.29, 1.82) is 0 Å². The first-order valence-corrected chi connectivity index (χ1v) is 7.95. The lowest BCUT2D eigenvalue weighted by Gasteiger charge is -2.07. The van der Waals surface area contributed by atoms with Gasteiger partial charge in [0.15, 0.2) is 11.5 Å². The first kappa shape index (κ1) is 17.1. The summed E-state index contributed by atoms with van der Waals surface area (Å²) in [6.07, 6.45) is 0. The van der Waals surface area contributed by atoms with Gasteiger partial charge in [0.1, 0.15) is 0 Å². The van der Waals surface area contributed by atoms with Gasteiger partial charge in [-0.25, -0.2) is 0 Å². The molecule has 0 bridgehead atoms. The van der Waals surface area contributed by atoms with Crippen molar-refractivity contribution in [3.05, 3.63) is 72.4 Å². The molecule has 3 rings (SSSR count). The van der Waals surface area contributed by atoms with Gasteiger partial charge in [-0.3, -0.25) is 9.59 Å². The third kappa shape index (κ3) is 4.64. The van der Waals surface area contributed by atoms with Crippen LogP contribution in [0.5, 0.6) is 0 Å². The molecule has 0 atom stereocenters. The highest BCUT2D eigenvalue weighted by molar-refractivity contribution is 6.03. The maximum atomic E-state index is 12.2. The Morgan fingerprint density at radius 3 is 1.96 bits per heavy atom. The number of benzene rings is 2. The Morgan fingerprint density at radius 1 is 0.731 bits per heavy atom. The Hall–Kier alpha value is -3.74. The second-order valence-electron chi connectivity index (χ2n) is 5.51. The summed E-state index contributed by atoms with van der Waals surface area (Å²) in [6, 6.07) is 19.7. The van der Waals surface area contributed by atoms with Crippen molar-refractivity contribution in [2.45, 2.75) is 6.92 Å². The standard InChI is InChI=1S/C19H17N5O2/c1-13(25)20-15-7-9-16(10-8-15)22-19(26)17-11-12-18(24-23-17)21-14-5-3-2-4-6-14/h2-12H,1H3,(H,20,25)(H,21,24)(H,22,26). The monoisotopic (exact) mass is 347 g/mol. The largest absolute Gasteiger partial charge is 0.339 e. The van der Waals surface area contributed by atoms with Crippen LogP contribution in [-0.2, 0) is 4.79 Å². The van der Waals surface area contributed by atoms with Crippen LogP contribution in [0.4, 0.5) is 22.9 Å². The molecule has 26 heavy (non-hydrogen) atoms. The van der Waals surface area contributed by atoms with Gasteiger partial charge >= 0.3 is 0 Å². The summed E-state index contributed by atoms with van der Waals surface area (Å²) in [5, 5.41) is 16.5. The van der Waals surface area contributed by atoms with E-state index in [-0.39, 0.29) is 17.5 Å². The number of carbonyl (C=O) groups is 2. The molecule has 3 aromatic rings. The normalized spacial score (nSPS) is 10.0. The summed E-state index contributed by atoms with van der Waals surface area (Å²) < 4.78 is 0. The van der Waals surface area contributed by atoms with Crippen molar-refractivity contribution in [1.82, 2.24) is 10.2 Å². The van der Waals surface area contributed by atoms with Crippen LogP contribution >= 0.6 is 0 Å². The van der Waals surface area contributed by atoms with Gasteiger partial charge in [0.25, 0.3) is 5.91 Å². The van der Waals surface area contributed by atoms with Crippen LogP contribution in [0.15, 0.2) is 66.7 Å². The van der Waals surface area contributed by atoms with E-state index in [1.165, 1.54) is 6.92 Å². The number of nitrogens with zero attached hydrogens (tertiary/aromatic N) is 2. The average molecular weight is 347 g/mol. The molecule has 0 aliphatic carbocycles. The van der Waals surface area contributed by atoms with Gasteiger partial charge in [-0.15, -0.1) is 10.2 Å². The molecule has 2 aromatic carbocycles. The average Bonchev–Trinajstić information content (AvgIpc) is 2.64. The molecule has 0 aliphatic heterocycles. The molecule has 0 aliphatic rings. The molecule has 7 nitrogen and oxygen atoms in total. The lowest BCUT2D eigenvalue weighted by Crippen LogP contribution is -2.14. The second kappa shape index (κ2) is 7.89. The Morgan fingerprint density at radius 2 is 1.38 bits per heavy atom. The lowest BCUT2D eigenvalue weighted by molar-refractivity contribution is -0.114. The van der Waals surface area contributed by atoms with Crippen molar-refractivity contribution >= 4 is 34.7 Å². The highest BCUT2D eigenvalue weighted by Crippen LogP contribution is 2.15. The van der Waals surface area contributed by atoms with E-state index in [4.69, 9.17) is 0 Å². The summed E-state index contributed by atoms with van der Waals surface area (Å²) in [5.41, 5.74) is 2.34. The van der Waals surface area contributed by atoms with Crippen LogP contribution in [0.2, 0.25) is 0 Å². The van der Waals surface area contributed by atoms with Crippen LogP contribution in [0, 0.1) is 0 Å². The molecule has 0 saturated heterocycles. The maximum absolute atomic E-state index is 12.2. The second-order valence-corrected chi connectivity index (χ2v) is 5.51. The van der Waals surface area contributed by atoms with E-state index in [1.54, 1.807) is 36.4 Å². The molecule has 0 fully saturated rings. The lowest BCUT2D eigenvalue weighted by atomic mass is 10.2. The van der Waals surface area contributed by atoms with Crippen LogP contribution in [0.25, 0.3) is 0 Å². The minimum absolute atomic E-state index is 0.152. The topological polar surface area (TPSA) is 96.0 Å². The first-order chi connectivity index (χ1) is 12.6. The molecule has 0 radical (unpaired) electrons. The number of nitrogens with one attached hydrogen (secondary N) is 3. The predicted molar refractivity (Wildman–Crippen MR) is 100 cm³/mol. The highest BCUT2D eigenvalue weighted by Gasteiger charge is 2.09. The summed E-state index contributed by atoms with van der Waals surface area (Å²) in [5.74, 6) is 0.0321. The van der Waals surface area contributed by atoms with E-state index in [9.17, 15) is 9.59 Å². The summed E-state index contributed by atoms with van der Waals surface area (Å²) in [6.45, 7) is 1.44. The fourth-order valence-electron chi connectivity index (χ4n) is 2.22. The number of aromatic nitrogens is 2. The third-order valence-electron chi connectivity index (χ3n) is 3.41. The molecule has 0 saturated carbocycles. The minimum Gasteiger partial charge on any atom is -0.339 e. The molecule has 2 amide bonds. The van der Waals surface area contributed by atoms with E-state index in [0.29, 0.717) is 17.2 Å². The Labute approximate surface area is 150 Å². The Kier molecular flexibility index (Phi) is 5.19. The van der Waals surface area contributed by atoms with Gasteiger partial charge in [-0.2, -0.15) is 0 Å². The van der Waals surface area contributed by atoms with Gasteiger partial charge in [0.2, 0.25) is 5.91 Å². The van der Waals surface area contributed by atoms with Crippen molar-refractivity contribution < 1.29 is 9.59 Å². The zero-order valence-electron chi connectivity index (χ0n) is 14.1. The number of para-hydroxylation sites is 1. The quantitative estimate of drug-likeness (QED) is 0.657. The van der Waals surface area contributed by atoms with Gasteiger partial charge in [0.05, 0.1) is 0 Å². The van der Waals surface area contributed by atoms with Gasteiger partial charge in [0, 0.05) is 24.0 Å². The van der Waals surface area contributed by atoms with Gasteiger partial charge < -0.3 is 16.0 Å². The minimum atomic E-state index is -0.365. The molecule has 7 heteroatoms. The molecule has 130 valence electrons. The number of anilines is 4. The number of rotatable bonds is 5. The first-order valence-electron chi connectivity index (χ1n) is 7.95. The van der Waals surface area contributed by atoms with Crippen molar-refractivity contribution in [2.24, 2.45) is 0 Å². The fourth-order valence-corrected chi connectivity index (χ4v) is 2.22. The zero-order valence-corrected chi connectivity index (χ0v) is 14.1. The zero-order chi connectivity index (χ0) is 18.4. The summed E-state index contributed by atoms with van der Waals surface area (Å²) in [4.78, 5) is 23.2. The highest BCUT2D eigenvalue weighted by atomic mass is 16.2. The molecule has 0 unspecified atom stereocenters. The third-order valence-corrected chi connectivity index (χ3v) is 3.41. The number of hydrogen-bond acceptors (Lipinski definition) is 5. The number of hydrogen-bond donors (Lipinski definition) is 3. The summed E-state index contributed by atoms with van der Waals surface area (Å²) >= 11 is 0. The molecule has 0 spiro atoms. The van der Waals surface area contributed by atoms with Crippen LogP contribution in [0.3, 0.4) is 0 Å². The van der Waals surface area contributed by atoms with Gasteiger partial charge in [-0.1, -0.05) is 18.2 Å². The van der Waals surface area contributed by atoms with E-state index in [1.807, 2.05) is 30.3 Å². The Bertz CT molecular complexity index is 893. The number of carbonyl (C=O) groups excluding carboxylic acids is 2. The van der Waals surface area contributed by atoms with Crippen molar-refractivity contribution in [3.63, 3.8) is 0 Å². The van der Waals surface area contributed by atoms with Crippen molar-refractivity contribution in [2.75, 3.05) is 16.0 Å². The Balaban J connectivity index is 1.62. The van der Waals surface area contributed by atoms with E-state index in [2.05, 4.69) is 26.1 Å². The van der Waals surface area contributed by atoms with Crippen LogP contribution in [-0.4, -0.2) is 22.0 Å². The van der Waals surface area contributed by atoms with E-state index >= 15 is 0 Å². The molecular formula is C19H17N5O2. The van der Waals surface area contributed by atoms with Crippen LogP contribution in [0.1, 0.15) is 17.4 Å². The number of amides is 2. The fraction of sp³-hybridized carbons (Fsp3) is 0.0526. The van der Waals surface area contributed by atoms with Crippen LogP contribution < -0.4 is 16.0 Å². The molecular weight excluding hydrogens is 330 g/mol. The SMILES string of the molecule is CC(=O)Nc1ccc(NC(=O)c2ccc(Nc3ccccc3)nn2)cc1. The molecule has 1 heterocycles.